The number of nitrogens with one attached hydrogen (secondary N) is 2. The number of hydrogen-bond donors (Lipinski definition) is 2. The van der Waals surface area contributed by atoms with Gasteiger partial charge >= 0.3 is 0 Å². The Kier molecular flexibility index (Phi) is 2.89. The second-order valence-electron chi connectivity index (χ2n) is 4.10. The predicted molar refractivity (Wildman–Crippen MR) is 58.4 cm³/mol. The van der Waals surface area contributed by atoms with Crippen molar-refractivity contribution in [2.75, 3.05) is 26.2 Å². The third-order valence-corrected chi connectivity index (χ3v) is 3.03. The number of H-pyrrole nitrogens is 1. The lowest BCUT2D eigenvalue weighted by molar-refractivity contribution is 0.232. The van der Waals surface area contributed by atoms with E-state index < -0.39 is 0 Å². The van der Waals surface area contributed by atoms with E-state index in [1.54, 1.807) is 0 Å². The number of piperazine rings is 1. The van der Waals surface area contributed by atoms with E-state index >= 15 is 0 Å². The van der Waals surface area contributed by atoms with Gasteiger partial charge in [0.1, 0.15) is 0 Å². The summed E-state index contributed by atoms with van der Waals surface area (Å²) in [5.74, 6) is 0. The van der Waals surface area contributed by atoms with Crippen LogP contribution < -0.4 is 5.32 Å². The molecule has 0 atom stereocenters. The number of aryl methyl sites for hydroxylation is 2. The van der Waals surface area contributed by atoms with Crippen LogP contribution >= 0.6 is 0 Å². The minimum absolute atomic E-state index is 1.10. The summed E-state index contributed by atoms with van der Waals surface area (Å²) >= 11 is 0. The van der Waals surface area contributed by atoms with Gasteiger partial charge in [-0.15, -0.1) is 0 Å². The first-order valence-corrected chi connectivity index (χ1v) is 5.34. The number of aromatic nitrogens is 1. The van der Waals surface area contributed by atoms with Gasteiger partial charge in [0, 0.05) is 44.6 Å². The van der Waals surface area contributed by atoms with Crippen LogP contribution in [0.25, 0.3) is 0 Å². The van der Waals surface area contributed by atoms with E-state index in [0.717, 1.165) is 19.6 Å². The molecule has 0 aliphatic carbocycles. The average molecular weight is 193 g/mol. The Morgan fingerprint density at radius 2 is 2.00 bits per heavy atom. The summed E-state index contributed by atoms with van der Waals surface area (Å²) in [5.41, 5.74) is 4.19. The smallest absolute Gasteiger partial charge is 0.0255 e. The van der Waals surface area contributed by atoms with Crippen molar-refractivity contribution in [2.45, 2.75) is 20.4 Å². The van der Waals surface area contributed by atoms with Crippen LogP contribution in [0.2, 0.25) is 0 Å². The van der Waals surface area contributed by atoms with Crippen LogP contribution in [0.15, 0.2) is 6.20 Å². The minimum Gasteiger partial charge on any atom is -0.365 e. The SMILES string of the molecule is Cc1c[nH]c(C)c1CN1CCNCC1. The normalized spacial score (nSPS) is 18.7. The second-order valence-corrected chi connectivity index (χ2v) is 4.10. The molecule has 0 spiro atoms. The van der Waals surface area contributed by atoms with Crippen LogP contribution in [-0.2, 0) is 6.54 Å². The minimum atomic E-state index is 1.10. The Hall–Kier alpha value is -0.800. The molecule has 1 aliphatic rings. The summed E-state index contributed by atoms with van der Waals surface area (Å²) in [6.07, 6.45) is 2.10. The molecule has 78 valence electrons. The van der Waals surface area contributed by atoms with Gasteiger partial charge in [0.15, 0.2) is 0 Å². The Balaban J connectivity index is 2.02. The molecule has 0 unspecified atom stereocenters. The van der Waals surface area contributed by atoms with Crippen molar-refractivity contribution in [3.05, 3.63) is 23.0 Å². The molecular weight excluding hydrogens is 174 g/mol. The van der Waals surface area contributed by atoms with E-state index in [-0.39, 0.29) is 0 Å². The summed E-state index contributed by atoms with van der Waals surface area (Å²) in [5, 5.41) is 3.37. The quantitative estimate of drug-likeness (QED) is 0.735. The molecule has 0 amide bonds. The zero-order valence-electron chi connectivity index (χ0n) is 9.06. The van der Waals surface area contributed by atoms with Gasteiger partial charge in [-0.1, -0.05) is 0 Å². The third-order valence-electron chi connectivity index (χ3n) is 3.03. The number of aromatic amines is 1. The number of hydrogen-bond acceptors (Lipinski definition) is 2. The van der Waals surface area contributed by atoms with Gasteiger partial charge in [-0.2, -0.15) is 0 Å². The lowest BCUT2D eigenvalue weighted by Gasteiger charge is -2.27. The predicted octanol–water partition coefficient (Wildman–Crippen LogP) is 1.04. The van der Waals surface area contributed by atoms with Crippen LogP contribution in [0.3, 0.4) is 0 Å². The lowest BCUT2D eigenvalue weighted by Crippen LogP contribution is -2.43. The molecular formula is C11H19N3. The van der Waals surface area contributed by atoms with E-state index in [0.29, 0.717) is 0 Å². The summed E-state index contributed by atoms with van der Waals surface area (Å²) in [6.45, 7) is 10.0. The maximum atomic E-state index is 3.37. The molecule has 1 aliphatic heterocycles. The van der Waals surface area contributed by atoms with Crippen molar-refractivity contribution < 1.29 is 0 Å². The van der Waals surface area contributed by atoms with Crippen LogP contribution in [0.1, 0.15) is 16.8 Å². The van der Waals surface area contributed by atoms with Crippen LogP contribution in [0.4, 0.5) is 0 Å². The van der Waals surface area contributed by atoms with Crippen molar-refractivity contribution in [1.82, 2.24) is 15.2 Å². The fourth-order valence-electron chi connectivity index (χ4n) is 2.02. The summed E-state index contributed by atoms with van der Waals surface area (Å²) in [7, 11) is 0. The van der Waals surface area contributed by atoms with Crippen LogP contribution in [0.5, 0.6) is 0 Å². The summed E-state index contributed by atoms with van der Waals surface area (Å²) in [4.78, 5) is 5.80. The average Bonchev–Trinajstić information content (AvgIpc) is 2.51. The van der Waals surface area contributed by atoms with Gasteiger partial charge in [-0.3, -0.25) is 4.90 Å². The molecule has 3 heteroatoms. The molecule has 1 fully saturated rings. The van der Waals surface area contributed by atoms with E-state index in [1.807, 2.05) is 0 Å². The summed E-state index contributed by atoms with van der Waals surface area (Å²) < 4.78 is 0. The van der Waals surface area contributed by atoms with Crippen LogP contribution in [0, 0.1) is 13.8 Å². The Morgan fingerprint density at radius 3 is 2.57 bits per heavy atom. The van der Waals surface area contributed by atoms with Gasteiger partial charge in [-0.25, -0.2) is 0 Å². The van der Waals surface area contributed by atoms with Gasteiger partial charge in [0.2, 0.25) is 0 Å². The van der Waals surface area contributed by atoms with Gasteiger partial charge < -0.3 is 10.3 Å². The van der Waals surface area contributed by atoms with Crippen LogP contribution in [-0.4, -0.2) is 36.1 Å². The maximum Gasteiger partial charge on any atom is 0.0255 e. The maximum absolute atomic E-state index is 3.37. The zero-order chi connectivity index (χ0) is 9.97. The first-order valence-electron chi connectivity index (χ1n) is 5.34. The fourth-order valence-corrected chi connectivity index (χ4v) is 2.02. The first kappa shape index (κ1) is 9.74. The fraction of sp³-hybridized carbons (Fsp3) is 0.636. The van der Waals surface area contributed by atoms with Crippen molar-refractivity contribution in [3.8, 4) is 0 Å². The zero-order valence-corrected chi connectivity index (χ0v) is 9.06. The molecule has 2 heterocycles. The molecule has 0 bridgehead atoms. The molecule has 1 aromatic heterocycles. The highest BCUT2D eigenvalue weighted by atomic mass is 15.2. The monoisotopic (exact) mass is 193 g/mol. The lowest BCUT2D eigenvalue weighted by atomic mass is 10.1. The molecule has 2 rings (SSSR count). The first-order chi connectivity index (χ1) is 6.77. The topological polar surface area (TPSA) is 31.1 Å². The molecule has 1 aromatic rings. The van der Waals surface area contributed by atoms with Gasteiger partial charge in [0.05, 0.1) is 0 Å². The number of rotatable bonds is 2. The van der Waals surface area contributed by atoms with E-state index in [2.05, 4.69) is 35.2 Å². The Bertz CT molecular complexity index is 278. The van der Waals surface area contributed by atoms with Crippen molar-refractivity contribution in [3.63, 3.8) is 0 Å². The van der Waals surface area contributed by atoms with E-state index in [4.69, 9.17) is 0 Å². The standard InChI is InChI=1S/C11H19N3/c1-9-7-13-10(2)11(9)8-14-5-3-12-4-6-14/h7,12-13H,3-6,8H2,1-2H3. The molecule has 3 nitrogen and oxygen atoms in total. The van der Waals surface area contributed by atoms with E-state index in [1.165, 1.54) is 29.9 Å². The van der Waals surface area contributed by atoms with Gasteiger partial charge in [0.25, 0.3) is 0 Å². The Labute approximate surface area is 85.5 Å². The molecule has 0 radical (unpaired) electrons. The molecule has 14 heavy (non-hydrogen) atoms. The largest absolute Gasteiger partial charge is 0.365 e. The highest BCUT2D eigenvalue weighted by molar-refractivity contribution is 5.28. The summed E-state index contributed by atoms with van der Waals surface area (Å²) in [6, 6.07) is 0. The van der Waals surface area contributed by atoms with Crippen molar-refractivity contribution >= 4 is 0 Å². The third kappa shape index (κ3) is 1.99. The van der Waals surface area contributed by atoms with E-state index in [9.17, 15) is 0 Å². The second kappa shape index (κ2) is 4.15. The molecule has 2 N–H and O–H groups in total. The van der Waals surface area contributed by atoms with Gasteiger partial charge in [-0.05, 0) is 25.0 Å². The van der Waals surface area contributed by atoms with Crippen molar-refractivity contribution in [1.29, 1.82) is 0 Å². The highest BCUT2D eigenvalue weighted by Crippen LogP contribution is 2.14. The number of nitrogens with zero attached hydrogens (tertiary/aromatic N) is 1. The molecule has 1 saturated heterocycles. The van der Waals surface area contributed by atoms with Crippen molar-refractivity contribution in [2.24, 2.45) is 0 Å². The molecule has 0 saturated carbocycles. The highest BCUT2D eigenvalue weighted by Gasteiger charge is 2.12. The molecule has 0 aromatic carbocycles. The Morgan fingerprint density at radius 1 is 1.29 bits per heavy atom.